The lowest BCUT2D eigenvalue weighted by atomic mass is 9.96. The monoisotopic (exact) mass is 305 g/mol. The Balaban J connectivity index is 1.87. The largest absolute Gasteiger partial charge is 0.355 e. The van der Waals surface area contributed by atoms with Gasteiger partial charge in [0, 0.05) is 30.7 Å². The minimum absolute atomic E-state index is 0.0235. The molecule has 21 heavy (non-hydrogen) atoms. The molecule has 2 rings (SSSR count). The molecule has 0 radical (unpaired) electrons. The molecule has 1 amide bonds. The SMILES string of the molecule is CCC(CNC(=O)Cc1cnn(C)c1)c1ccc(Cl)cc1. The van der Waals surface area contributed by atoms with E-state index in [1.54, 1.807) is 10.9 Å². The van der Waals surface area contributed by atoms with Gasteiger partial charge in [0.2, 0.25) is 5.91 Å². The Kier molecular flexibility index (Phi) is 5.39. The molecular weight excluding hydrogens is 286 g/mol. The van der Waals surface area contributed by atoms with Gasteiger partial charge in [-0.05, 0) is 29.7 Å². The summed E-state index contributed by atoms with van der Waals surface area (Å²) in [6.07, 6.45) is 4.91. The van der Waals surface area contributed by atoms with Gasteiger partial charge >= 0.3 is 0 Å². The minimum Gasteiger partial charge on any atom is -0.355 e. The van der Waals surface area contributed by atoms with Crippen molar-refractivity contribution >= 4 is 17.5 Å². The van der Waals surface area contributed by atoms with Crippen LogP contribution in [0.2, 0.25) is 5.02 Å². The van der Waals surface area contributed by atoms with E-state index < -0.39 is 0 Å². The Labute approximate surface area is 130 Å². The second-order valence-electron chi connectivity index (χ2n) is 5.16. The zero-order chi connectivity index (χ0) is 15.2. The van der Waals surface area contributed by atoms with Crippen molar-refractivity contribution in [2.45, 2.75) is 25.7 Å². The van der Waals surface area contributed by atoms with E-state index in [0.29, 0.717) is 18.9 Å². The number of nitrogens with zero attached hydrogens (tertiary/aromatic N) is 2. The number of rotatable bonds is 6. The molecule has 0 saturated carbocycles. The van der Waals surface area contributed by atoms with Crippen molar-refractivity contribution in [1.82, 2.24) is 15.1 Å². The van der Waals surface area contributed by atoms with Gasteiger partial charge in [-0.3, -0.25) is 9.48 Å². The van der Waals surface area contributed by atoms with Crippen LogP contribution in [0.15, 0.2) is 36.7 Å². The van der Waals surface area contributed by atoms with Gasteiger partial charge in [-0.15, -0.1) is 0 Å². The van der Waals surface area contributed by atoms with Crippen molar-refractivity contribution in [2.24, 2.45) is 7.05 Å². The van der Waals surface area contributed by atoms with Crippen LogP contribution < -0.4 is 5.32 Å². The molecule has 0 saturated heterocycles. The lowest BCUT2D eigenvalue weighted by Gasteiger charge is -2.16. The fourth-order valence-corrected chi connectivity index (χ4v) is 2.41. The van der Waals surface area contributed by atoms with Crippen LogP contribution in [0.5, 0.6) is 0 Å². The van der Waals surface area contributed by atoms with Crippen molar-refractivity contribution in [3.05, 3.63) is 52.8 Å². The van der Waals surface area contributed by atoms with Gasteiger partial charge in [-0.2, -0.15) is 5.10 Å². The molecule has 1 aromatic heterocycles. The lowest BCUT2D eigenvalue weighted by molar-refractivity contribution is -0.120. The molecule has 4 nitrogen and oxygen atoms in total. The maximum absolute atomic E-state index is 12.0. The van der Waals surface area contributed by atoms with Gasteiger partial charge in [-0.25, -0.2) is 0 Å². The predicted molar refractivity (Wildman–Crippen MR) is 84.4 cm³/mol. The van der Waals surface area contributed by atoms with E-state index in [4.69, 9.17) is 11.6 Å². The zero-order valence-electron chi connectivity index (χ0n) is 12.3. The molecule has 0 aliphatic rings. The van der Waals surface area contributed by atoms with Crippen LogP contribution in [-0.4, -0.2) is 22.2 Å². The highest BCUT2D eigenvalue weighted by Gasteiger charge is 2.12. The molecule has 1 atom stereocenters. The quantitative estimate of drug-likeness (QED) is 0.892. The summed E-state index contributed by atoms with van der Waals surface area (Å²) in [6, 6.07) is 7.81. The molecule has 0 bridgehead atoms. The maximum Gasteiger partial charge on any atom is 0.224 e. The van der Waals surface area contributed by atoms with Gasteiger partial charge < -0.3 is 5.32 Å². The molecule has 1 unspecified atom stereocenters. The summed E-state index contributed by atoms with van der Waals surface area (Å²) in [6.45, 7) is 2.75. The highest BCUT2D eigenvalue weighted by Crippen LogP contribution is 2.20. The van der Waals surface area contributed by atoms with Crippen molar-refractivity contribution < 1.29 is 4.79 Å². The summed E-state index contributed by atoms with van der Waals surface area (Å²) in [5.74, 6) is 0.329. The number of hydrogen-bond donors (Lipinski definition) is 1. The van der Waals surface area contributed by atoms with Crippen LogP contribution in [0, 0.1) is 0 Å². The molecule has 0 aliphatic carbocycles. The third-order valence-electron chi connectivity index (χ3n) is 3.50. The molecule has 5 heteroatoms. The highest BCUT2D eigenvalue weighted by molar-refractivity contribution is 6.30. The smallest absolute Gasteiger partial charge is 0.224 e. The van der Waals surface area contributed by atoms with Crippen LogP contribution in [0.3, 0.4) is 0 Å². The molecule has 0 fully saturated rings. The fourth-order valence-electron chi connectivity index (χ4n) is 2.28. The van der Waals surface area contributed by atoms with E-state index >= 15 is 0 Å². The summed E-state index contributed by atoms with van der Waals surface area (Å²) < 4.78 is 1.70. The van der Waals surface area contributed by atoms with Crippen LogP contribution in [0.1, 0.15) is 30.4 Å². The highest BCUT2D eigenvalue weighted by atomic mass is 35.5. The first kappa shape index (κ1) is 15.6. The Morgan fingerprint density at radius 2 is 2.10 bits per heavy atom. The number of aromatic nitrogens is 2. The lowest BCUT2D eigenvalue weighted by Crippen LogP contribution is -2.29. The molecule has 1 heterocycles. The number of amides is 1. The van der Waals surface area contributed by atoms with Crippen molar-refractivity contribution in [1.29, 1.82) is 0 Å². The topological polar surface area (TPSA) is 46.9 Å². The molecule has 0 aliphatic heterocycles. The number of benzene rings is 1. The van der Waals surface area contributed by atoms with Crippen LogP contribution in [0.4, 0.5) is 0 Å². The Bertz CT molecular complexity index is 592. The fraction of sp³-hybridized carbons (Fsp3) is 0.375. The van der Waals surface area contributed by atoms with E-state index in [9.17, 15) is 4.79 Å². The summed E-state index contributed by atoms with van der Waals surface area (Å²) >= 11 is 5.90. The molecule has 2 aromatic rings. The van der Waals surface area contributed by atoms with Crippen molar-refractivity contribution in [2.75, 3.05) is 6.54 Å². The first-order valence-corrected chi connectivity index (χ1v) is 7.46. The van der Waals surface area contributed by atoms with E-state index in [1.807, 2.05) is 37.5 Å². The van der Waals surface area contributed by atoms with E-state index in [2.05, 4.69) is 17.3 Å². The third-order valence-corrected chi connectivity index (χ3v) is 3.75. The van der Waals surface area contributed by atoms with Gasteiger partial charge in [0.05, 0.1) is 12.6 Å². The normalized spacial score (nSPS) is 12.1. The van der Waals surface area contributed by atoms with Gasteiger partial charge in [0.1, 0.15) is 0 Å². The number of carbonyl (C=O) groups excluding carboxylic acids is 1. The molecule has 1 aromatic carbocycles. The summed E-state index contributed by atoms with van der Waals surface area (Å²) in [7, 11) is 1.84. The Morgan fingerprint density at radius 1 is 1.38 bits per heavy atom. The first-order chi connectivity index (χ1) is 10.1. The average molecular weight is 306 g/mol. The second-order valence-corrected chi connectivity index (χ2v) is 5.60. The molecule has 0 spiro atoms. The van der Waals surface area contributed by atoms with Crippen molar-refractivity contribution in [3.63, 3.8) is 0 Å². The zero-order valence-corrected chi connectivity index (χ0v) is 13.1. The average Bonchev–Trinajstić information content (AvgIpc) is 2.86. The first-order valence-electron chi connectivity index (χ1n) is 7.08. The Morgan fingerprint density at radius 3 is 2.67 bits per heavy atom. The van der Waals surface area contributed by atoms with Crippen molar-refractivity contribution in [3.8, 4) is 0 Å². The van der Waals surface area contributed by atoms with Crippen LogP contribution in [-0.2, 0) is 18.3 Å². The van der Waals surface area contributed by atoms with Crippen LogP contribution >= 0.6 is 11.6 Å². The molecular formula is C16H20ClN3O. The summed E-state index contributed by atoms with van der Waals surface area (Å²) in [5, 5.41) is 7.79. The molecule has 112 valence electrons. The standard InChI is InChI=1S/C16H20ClN3O/c1-3-13(14-4-6-15(17)7-5-14)10-18-16(21)8-12-9-19-20(2)11-12/h4-7,9,11,13H,3,8,10H2,1-2H3,(H,18,21). The van der Waals surface area contributed by atoms with Gasteiger partial charge in [0.25, 0.3) is 0 Å². The number of aryl methyl sites for hydroxylation is 1. The second kappa shape index (κ2) is 7.27. The van der Waals surface area contributed by atoms with E-state index in [-0.39, 0.29) is 5.91 Å². The predicted octanol–water partition coefficient (Wildman–Crippen LogP) is 2.93. The number of hydrogen-bond acceptors (Lipinski definition) is 2. The van der Waals surface area contributed by atoms with Crippen LogP contribution in [0.25, 0.3) is 0 Å². The summed E-state index contributed by atoms with van der Waals surface area (Å²) in [5.41, 5.74) is 2.12. The number of carbonyl (C=O) groups is 1. The van der Waals surface area contributed by atoms with Gasteiger partial charge in [0.15, 0.2) is 0 Å². The number of halogens is 1. The number of nitrogens with one attached hydrogen (secondary N) is 1. The van der Waals surface area contributed by atoms with E-state index in [0.717, 1.165) is 17.0 Å². The molecule has 1 N–H and O–H groups in total. The van der Waals surface area contributed by atoms with E-state index in [1.165, 1.54) is 5.56 Å². The summed E-state index contributed by atoms with van der Waals surface area (Å²) in [4.78, 5) is 12.0. The van der Waals surface area contributed by atoms with Gasteiger partial charge in [-0.1, -0.05) is 30.7 Å². The minimum atomic E-state index is 0.0235. The maximum atomic E-state index is 12.0. The Hall–Kier alpha value is -1.81. The third kappa shape index (κ3) is 4.60.